The Kier molecular flexibility index (Phi) is 5.70. The highest BCUT2D eigenvalue weighted by Gasteiger charge is 2.26. The number of hydrogen-bond donors (Lipinski definition) is 1. The molecule has 1 N–H and O–H groups in total. The van der Waals surface area contributed by atoms with Crippen molar-refractivity contribution in [2.24, 2.45) is 0 Å². The van der Waals surface area contributed by atoms with Crippen molar-refractivity contribution < 1.29 is 4.79 Å². The number of rotatable bonds is 5. The summed E-state index contributed by atoms with van der Waals surface area (Å²) in [6.45, 7) is 9.75. The van der Waals surface area contributed by atoms with Crippen LogP contribution in [0.1, 0.15) is 41.8 Å². The Balaban J connectivity index is 1.90. The minimum atomic E-state index is -0.676. The van der Waals surface area contributed by atoms with Crippen LogP contribution in [0, 0.1) is 27.7 Å². The molecule has 0 radical (unpaired) electrons. The number of aromatic nitrogens is 3. The first-order chi connectivity index (χ1) is 15.3. The summed E-state index contributed by atoms with van der Waals surface area (Å²) in [6, 6.07) is 16.5. The van der Waals surface area contributed by atoms with Crippen LogP contribution >= 0.6 is 0 Å². The molecule has 2 aromatic carbocycles. The molecule has 6 nitrogen and oxygen atoms in total. The van der Waals surface area contributed by atoms with Gasteiger partial charge < -0.3 is 5.32 Å². The fourth-order valence-corrected chi connectivity index (χ4v) is 4.44. The summed E-state index contributed by atoms with van der Waals surface area (Å²) >= 11 is 0. The van der Waals surface area contributed by atoms with E-state index in [0.29, 0.717) is 12.1 Å². The second kappa shape index (κ2) is 8.46. The van der Waals surface area contributed by atoms with Crippen LogP contribution in [-0.2, 0) is 4.79 Å². The van der Waals surface area contributed by atoms with Crippen molar-refractivity contribution in [3.63, 3.8) is 0 Å². The monoisotopic (exact) mass is 428 g/mol. The molecule has 0 fully saturated rings. The molecule has 0 aliphatic heterocycles. The van der Waals surface area contributed by atoms with Gasteiger partial charge in [-0.15, -0.1) is 0 Å². The van der Waals surface area contributed by atoms with Gasteiger partial charge in [0.1, 0.15) is 11.7 Å². The van der Waals surface area contributed by atoms with Crippen molar-refractivity contribution in [2.45, 2.75) is 47.1 Å². The number of benzene rings is 2. The number of carbonyl (C=O) groups excluding carboxylic acids is 1. The van der Waals surface area contributed by atoms with Crippen molar-refractivity contribution in [1.29, 1.82) is 0 Å². The Bertz CT molecular complexity index is 1350. The number of nitrogens with one attached hydrogen (secondary N) is 1. The summed E-state index contributed by atoms with van der Waals surface area (Å²) in [5.41, 5.74) is 5.81. The highest BCUT2D eigenvalue weighted by molar-refractivity contribution is 5.95. The normalized spacial score (nSPS) is 12.2. The van der Waals surface area contributed by atoms with E-state index in [4.69, 9.17) is 5.10 Å². The predicted molar refractivity (Wildman–Crippen MR) is 129 cm³/mol. The Morgan fingerprint density at radius 1 is 1.00 bits per heavy atom. The Hall–Kier alpha value is -3.67. The smallest absolute Gasteiger partial charge is 0.253 e. The molecule has 4 rings (SSSR count). The number of aryl methyl sites for hydroxylation is 4. The molecule has 1 amide bonds. The molecule has 1 unspecified atom stereocenters. The van der Waals surface area contributed by atoms with E-state index in [1.54, 1.807) is 15.3 Å². The molecule has 2 aromatic heterocycles. The van der Waals surface area contributed by atoms with Gasteiger partial charge in [0.2, 0.25) is 5.91 Å². The fourth-order valence-electron chi connectivity index (χ4n) is 4.44. The molecule has 0 bridgehead atoms. The van der Waals surface area contributed by atoms with Gasteiger partial charge in [0.25, 0.3) is 5.56 Å². The molecule has 1 atom stereocenters. The predicted octanol–water partition coefficient (Wildman–Crippen LogP) is 5.01. The van der Waals surface area contributed by atoms with E-state index >= 15 is 0 Å². The number of anilines is 1. The number of nitrogens with zero attached hydrogens (tertiary/aromatic N) is 3. The zero-order valence-corrected chi connectivity index (χ0v) is 19.1. The van der Waals surface area contributed by atoms with Gasteiger partial charge in [-0.05, 0) is 75.1 Å². The lowest BCUT2D eigenvalue weighted by atomic mass is 10.1. The van der Waals surface area contributed by atoms with Crippen LogP contribution in [-0.4, -0.2) is 20.3 Å². The van der Waals surface area contributed by atoms with Gasteiger partial charge in [-0.1, -0.05) is 31.2 Å². The molecule has 0 saturated carbocycles. The Morgan fingerprint density at radius 2 is 1.66 bits per heavy atom. The summed E-state index contributed by atoms with van der Waals surface area (Å²) in [7, 11) is 0. The van der Waals surface area contributed by atoms with E-state index in [2.05, 4.69) is 11.4 Å². The quantitative estimate of drug-likeness (QED) is 0.486. The Labute approximate surface area is 187 Å². The number of fused-ring (bicyclic) bond motifs is 1. The standard InChI is InChI=1S/C26H28N4O2/c1-6-22(25(32)27-20-13-16(2)12-17(3)14-20)29-23(31)15-18(4)24-19(5)28-30(26(24)29)21-10-8-7-9-11-21/h7-15,22H,6H2,1-5H3,(H,27,32). The minimum absolute atomic E-state index is 0.213. The average molecular weight is 429 g/mol. The van der Waals surface area contributed by atoms with Gasteiger partial charge in [-0.3, -0.25) is 14.2 Å². The summed E-state index contributed by atoms with van der Waals surface area (Å²) in [4.78, 5) is 26.7. The first-order valence-electron chi connectivity index (χ1n) is 10.9. The molecule has 0 aliphatic rings. The van der Waals surface area contributed by atoms with Crippen LogP contribution in [0.2, 0.25) is 0 Å². The third-order valence-electron chi connectivity index (χ3n) is 5.73. The summed E-state index contributed by atoms with van der Waals surface area (Å²) in [6.07, 6.45) is 0.466. The number of para-hydroxylation sites is 1. The molecule has 0 saturated heterocycles. The van der Waals surface area contributed by atoms with Crippen molar-refractivity contribution in [1.82, 2.24) is 14.3 Å². The molecule has 0 aliphatic carbocycles. The largest absolute Gasteiger partial charge is 0.324 e. The van der Waals surface area contributed by atoms with Crippen LogP contribution < -0.4 is 10.9 Å². The first kappa shape index (κ1) is 21.6. The first-order valence-corrected chi connectivity index (χ1v) is 10.9. The maximum atomic E-state index is 13.4. The van der Waals surface area contributed by atoms with E-state index < -0.39 is 6.04 Å². The van der Waals surface area contributed by atoms with E-state index in [0.717, 1.165) is 39.1 Å². The van der Waals surface area contributed by atoms with Crippen LogP contribution in [0.25, 0.3) is 16.7 Å². The van der Waals surface area contributed by atoms with Crippen molar-refractivity contribution in [2.75, 3.05) is 5.32 Å². The van der Waals surface area contributed by atoms with Gasteiger partial charge in [0.15, 0.2) is 0 Å². The lowest BCUT2D eigenvalue weighted by molar-refractivity contribution is -0.119. The molecule has 2 heterocycles. The van der Waals surface area contributed by atoms with E-state index in [9.17, 15) is 9.59 Å². The topological polar surface area (TPSA) is 68.9 Å². The van der Waals surface area contributed by atoms with E-state index in [-0.39, 0.29) is 11.5 Å². The Morgan fingerprint density at radius 3 is 2.28 bits per heavy atom. The third-order valence-corrected chi connectivity index (χ3v) is 5.73. The highest BCUT2D eigenvalue weighted by atomic mass is 16.2. The summed E-state index contributed by atoms with van der Waals surface area (Å²) < 4.78 is 3.36. The number of hydrogen-bond acceptors (Lipinski definition) is 3. The molecule has 32 heavy (non-hydrogen) atoms. The lowest BCUT2D eigenvalue weighted by Crippen LogP contribution is -2.34. The maximum absolute atomic E-state index is 13.4. The van der Waals surface area contributed by atoms with Gasteiger partial charge in [0.05, 0.1) is 11.4 Å². The van der Waals surface area contributed by atoms with E-state index in [1.807, 2.05) is 77.1 Å². The van der Waals surface area contributed by atoms with Gasteiger partial charge in [0, 0.05) is 17.1 Å². The second-order valence-corrected chi connectivity index (χ2v) is 8.36. The molecule has 6 heteroatoms. The average Bonchev–Trinajstić information content (AvgIpc) is 3.08. The van der Waals surface area contributed by atoms with Gasteiger partial charge in [-0.25, -0.2) is 4.68 Å². The fraction of sp³-hybridized carbons (Fsp3) is 0.269. The van der Waals surface area contributed by atoms with Gasteiger partial charge in [-0.2, -0.15) is 5.10 Å². The summed E-state index contributed by atoms with van der Waals surface area (Å²) in [5.74, 6) is -0.219. The van der Waals surface area contributed by atoms with Crippen LogP contribution in [0.4, 0.5) is 5.69 Å². The number of pyridine rings is 1. The molecule has 0 spiro atoms. The van der Waals surface area contributed by atoms with Crippen molar-refractivity contribution in [3.8, 4) is 5.69 Å². The van der Waals surface area contributed by atoms with Crippen molar-refractivity contribution in [3.05, 3.63) is 87.3 Å². The lowest BCUT2D eigenvalue weighted by Gasteiger charge is -2.21. The molecular formula is C26H28N4O2. The zero-order chi connectivity index (χ0) is 23.0. The molecule has 4 aromatic rings. The van der Waals surface area contributed by atoms with Gasteiger partial charge >= 0.3 is 0 Å². The highest BCUT2D eigenvalue weighted by Crippen LogP contribution is 2.27. The second-order valence-electron chi connectivity index (χ2n) is 8.36. The van der Waals surface area contributed by atoms with Crippen LogP contribution in [0.3, 0.4) is 0 Å². The maximum Gasteiger partial charge on any atom is 0.253 e. The molecule has 164 valence electrons. The summed E-state index contributed by atoms with van der Waals surface area (Å²) in [5, 5.41) is 8.64. The van der Waals surface area contributed by atoms with Crippen molar-refractivity contribution >= 4 is 22.6 Å². The SMILES string of the molecule is CCC(C(=O)Nc1cc(C)cc(C)c1)n1c(=O)cc(C)c2c(C)nn(-c3ccccc3)c21. The van der Waals surface area contributed by atoms with Crippen LogP contribution in [0.5, 0.6) is 0 Å². The number of amides is 1. The number of carbonyl (C=O) groups is 1. The minimum Gasteiger partial charge on any atom is -0.324 e. The van der Waals surface area contributed by atoms with Crippen LogP contribution in [0.15, 0.2) is 59.4 Å². The third kappa shape index (κ3) is 3.84. The van der Waals surface area contributed by atoms with E-state index in [1.165, 1.54) is 0 Å². The molecular weight excluding hydrogens is 400 g/mol. The zero-order valence-electron chi connectivity index (χ0n) is 19.1.